The van der Waals surface area contributed by atoms with Crippen LogP contribution in [0.5, 0.6) is 0 Å². The summed E-state index contributed by atoms with van der Waals surface area (Å²) in [7, 11) is 0. The second-order valence-corrected chi connectivity index (χ2v) is 8.95. The molecule has 0 saturated carbocycles. The highest BCUT2D eigenvalue weighted by molar-refractivity contribution is 5.88. The number of benzene rings is 3. The molecule has 0 aliphatic carbocycles. The number of carbonyl (C=O) groups excluding carboxylic acids is 2. The maximum Gasteiger partial charge on any atom is 0.407 e. The lowest BCUT2D eigenvalue weighted by Crippen LogP contribution is -2.63. The Hall–Kier alpha value is -3.60. The Kier molecular flexibility index (Phi) is 7.63. The molecule has 5 heteroatoms. The van der Waals surface area contributed by atoms with Gasteiger partial charge in [0.25, 0.3) is 0 Å². The van der Waals surface area contributed by atoms with Gasteiger partial charge in [-0.3, -0.25) is 4.79 Å². The van der Waals surface area contributed by atoms with E-state index in [4.69, 9.17) is 4.74 Å². The number of hydrogen-bond acceptors (Lipinski definition) is 3. The van der Waals surface area contributed by atoms with Crippen LogP contribution in [0, 0.1) is 11.8 Å². The lowest BCUT2D eigenvalue weighted by atomic mass is 9.73. The lowest BCUT2D eigenvalue weighted by Gasteiger charge is -2.51. The molecule has 1 aliphatic rings. The van der Waals surface area contributed by atoms with Crippen LogP contribution in [0.2, 0.25) is 0 Å². The zero-order valence-electron chi connectivity index (χ0n) is 19.8. The lowest BCUT2D eigenvalue weighted by molar-refractivity contribution is -0.161. The average Bonchev–Trinajstić information content (AvgIpc) is 2.89. The molecule has 5 nitrogen and oxygen atoms in total. The molecule has 1 fully saturated rings. The molecule has 2 amide bonds. The predicted molar refractivity (Wildman–Crippen MR) is 133 cm³/mol. The first-order chi connectivity index (χ1) is 16.6. The molecule has 4 atom stereocenters. The number of nitrogens with zero attached hydrogens (tertiary/aromatic N) is 1. The molecule has 4 rings (SSSR count). The Morgan fingerprint density at radius 2 is 1.47 bits per heavy atom. The summed E-state index contributed by atoms with van der Waals surface area (Å²) < 4.78 is 5.50. The number of alkyl carbamates (subject to hydrolysis) is 1. The third kappa shape index (κ3) is 5.30. The van der Waals surface area contributed by atoms with Crippen LogP contribution in [0.3, 0.4) is 0 Å². The highest BCUT2D eigenvalue weighted by atomic mass is 16.5. The Bertz CT molecular complexity index is 1070. The molecule has 176 valence electrons. The van der Waals surface area contributed by atoms with Gasteiger partial charge in [-0.05, 0) is 22.6 Å². The minimum absolute atomic E-state index is 0.0614. The van der Waals surface area contributed by atoms with Gasteiger partial charge in [0.15, 0.2) is 0 Å². The van der Waals surface area contributed by atoms with Crippen LogP contribution >= 0.6 is 0 Å². The van der Waals surface area contributed by atoms with Gasteiger partial charge in [0.05, 0.1) is 12.0 Å². The van der Waals surface area contributed by atoms with Gasteiger partial charge in [-0.2, -0.15) is 0 Å². The molecule has 0 bridgehead atoms. The molecule has 0 spiro atoms. The third-order valence-electron chi connectivity index (χ3n) is 6.72. The first kappa shape index (κ1) is 23.6. The summed E-state index contributed by atoms with van der Waals surface area (Å²) in [4.78, 5) is 28.2. The van der Waals surface area contributed by atoms with Crippen molar-refractivity contribution >= 4 is 12.0 Å². The zero-order valence-corrected chi connectivity index (χ0v) is 19.8. The monoisotopic (exact) mass is 456 g/mol. The molecule has 0 aromatic heterocycles. The fourth-order valence-corrected chi connectivity index (χ4v) is 4.66. The average molecular weight is 457 g/mol. The quantitative estimate of drug-likeness (QED) is 0.419. The summed E-state index contributed by atoms with van der Waals surface area (Å²) in [5, 5.41) is 3.05. The topological polar surface area (TPSA) is 58.6 Å². The summed E-state index contributed by atoms with van der Waals surface area (Å²) in [6.07, 6.45) is 0.350. The van der Waals surface area contributed by atoms with Crippen LogP contribution in [0.1, 0.15) is 43.0 Å². The fourth-order valence-electron chi connectivity index (χ4n) is 4.66. The SMILES string of the molecule is CCC(C)[C@H](NC(=O)OCc1ccccc1)[C@H]1C(=O)N(Cc2ccccc2)[C@@H]1c1ccccc1. The second kappa shape index (κ2) is 11.0. The number of rotatable bonds is 9. The van der Waals surface area contributed by atoms with Crippen molar-refractivity contribution in [2.45, 2.75) is 45.5 Å². The van der Waals surface area contributed by atoms with E-state index in [9.17, 15) is 9.59 Å². The van der Waals surface area contributed by atoms with E-state index in [0.717, 1.165) is 23.1 Å². The number of ether oxygens (including phenoxy) is 1. The summed E-state index contributed by atoms with van der Waals surface area (Å²) in [5.41, 5.74) is 3.09. The van der Waals surface area contributed by atoms with Crippen molar-refractivity contribution in [1.82, 2.24) is 10.2 Å². The largest absolute Gasteiger partial charge is 0.445 e. The maximum absolute atomic E-state index is 13.5. The van der Waals surface area contributed by atoms with E-state index in [-0.39, 0.29) is 36.4 Å². The van der Waals surface area contributed by atoms with Crippen molar-refractivity contribution in [3.05, 3.63) is 108 Å². The van der Waals surface area contributed by atoms with Crippen molar-refractivity contribution < 1.29 is 14.3 Å². The zero-order chi connectivity index (χ0) is 23.9. The Morgan fingerprint density at radius 1 is 0.912 bits per heavy atom. The number of carbonyl (C=O) groups is 2. The molecular formula is C29H32N2O3. The minimum atomic E-state index is -0.490. The molecule has 3 aromatic rings. The Labute approximate surface area is 201 Å². The van der Waals surface area contributed by atoms with Gasteiger partial charge in [-0.25, -0.2) is 4.79 Å². The number of nitrogens with one attached hydrogen (secondary N) is 1. The van der Waals surface area contributed by atoms with Gasteiger partial charge in [-0.1, -0.05) is 111 Å². The van der Waals surface area contributed by atoms with Crippen LogP contribution in [0.15, 0.2) is 91.0 Å². The van der Waals surface area contributed by atoms with Gasteiger partial charge >= 0.3 is 6.09 Å². The normalized spacial score (nSPS) is 19.1. The van der Waals surface area contributed by atoms with Crippen LogP contribution < -0.4 is 5.32 Å². The minimum Gasteiger partial charge on any atom is -0.445 e. The molecular weight excluding hydrogens is 424 g/mol. The first-order valence-electron chi connectivity index (χ1n) is 11.9. The van der Waals surface area contributed by atoms with E-state index in [0.29, 0.717) is 6.54 Å². The molecule has 1 heterocycles. The van der Waals surface area contributed by atoms with Crippen LogP contribution in [-0.4, -0.2) is 22.9 Å². The van der Waals surface area contributed by atoms with Crippen molar-refractivity contribution in [1.29, 1.82) is 0 Å². The number of amides is 2. The van der Waals surface area contributed by atoms with Crippen LogP contribution in [0.25, 0.3) is 0 Å². The number of hydrogen-bond donors (Lipinski definition) is 1. The van der Waals surface area contributed by atoms with Crippen molar-refractivity contribution in [3.63, 3.8) is 0 Å². The number of likely N-dealkylation sites (tertiary alicyclic amines) is 1. The Morgan fingerprint density at radius 3 is 2.06 bits per heavy atom. The van der Waals surface area contributed by atoms with E-state index in [1.54, 1.807) is 0 Å². The molecule has 1 N–H and O–H groups in total. The summed E-state index contributed by atoms with van der Waals surface area (Å²) in [6, 6.07) is 29.3. The van der Waals surface area contributed by atoms with Gasteiger partial charge < -0.3 is 15.0 Å². The number of β-lactam (4-membered cyclic amide) rings is 1. The van der Waals surface area contributed by atoms with Crippen molar-refractivity contribution in [3.8, 4) is 0 Å². The van der Waals surface area contributed by atoms with Crippen LogP contribution in [0.4, 0.5) is 4.79 Å². The molecule has 3 aromatic carbocycles. The van der Waals surface area contributed by atoms with E-state index < -0.39 is 6.09 Å². The third-order valence-corrected chi connectivity index (χ3v) is 6.72. The summed E-state index contributed by atoms with van der Waals surface area (Å²) in [6.45, 7) is 4.90. The highest BCUT2D eigenvalue weighted by Crippen LogP contribution is 2.44. The molecule has 0 radical (unpaired) electrons. The highest BCUT2D eigenvalue weighted by Gasteiger charge is 2.53. The summed E-state index contributed by atoms with van der Waals surface area (Å²) in [5.74, 6) is -0.167. The fraction of sp³-hybridized carbons (Fsp3) is 0.310. The molecule has 1 unspecified atom stereocenters. The first-order valence-corrected chi connectivity index (χ1v) is 11.9. The second-order valence-electron chi connectivity index (χ2n) is 8.95. The van der Waals surface area contributed by atoms with Crippen LogP contribution in [-0.2, 0) is 22.7 Å². The predicted octanol–water partition coefficient (Wildman–Crippen LogP) is 5.73. The van der Waals surface area contributed by atoms with Crippen molar-refractivity contribution in [2.75, 3.05) is 0 Å². The molecule has 1 aliphatic heterocycles. The van der Waals surface area contributed by atoms with E-state index >= 15 is 0 Å². The molecule has 1 saturated heterocycles. The maximum atomic E-state index is 13.5. The van der Waals surface area contributed by atoms with Gasteiger partial charge in [-0.15, -0.1) is 0 Å². The van der Waals surface area contributed by atoms with Gasteiger partial charge in [0.2, 0.25) is 5.91 Å². The van der Waals surface area contributed by atoms with Gasteiger partial charge in [0.1, 0.15) is 6.61 Å². The molecule has 34 heavy (non-hydrogen) atoms. The smallest absolute Gasteiger partial charge is 0.407 e. The van der Waals surface area contributed by atoms with Crippen molar-refractivity contribution in [2.24, 2.45) is 11.8 Å². The van der Waals surface area contributed by atoms with E-state index in [2.05, 4.69) is 31.3 Å². The van der Waals surface area contributed by atoms with E-state index in [1.165, 1.54) is 0 Å². The van der Waals surface area contributed by atoms with E-state index in [1.807, 2.05) is 83.8 Å². The summed E-state index contributed by atoms with van der Waals surface area (Å²) >= 11 is 0. The Balaban J connectivity index is 1.54. The van der Waals surface area contributed by atoms with Gasteiger partial charge in [0, 0.05) is 12.6 Å². The standard InChI is InChI=1S/C29H32N2O3/c1-3-21(2)26(30-29(33)34-20-23-15-9-5-10-16-23)25-27(24-17-11-6-12-18-24)31(28(25)32)19-22-13-7-4-8-14-22/h4-18,21,25-27H,3,19-20H2,1-2H3,(H,30,33)/t21?,25-,26+,27-/m1/s1.